The van der Waals surface area contributed by atoms with Crippen molar-refractivity contribution in [3.8, 4) is 0 Å². The second-order valence-corrected chi connectivity index (χ2v) is 4.27. The first kappa shape index (κ1) is 14.5. The maximum Gasteiger partial charge on any atom is 1.00 e. The Hall–Kier alpha value is -0.570. The number of rotatable bonds is 4. The predicted octanol–water partition coefficient (Wildman–Crippen LogP) is -1.28. The number of fused-ring (bicyclic) bond motifs is 1. The van der Waals surface area contributed by atoms with Crippen LogP contribution in [-0.2, 0) is 17.6 Å². The number of hydrogen-bond acceptors (Lipinski definition) is 2. The Morgan fingerprint density at radius 1 is 1.41 bits per heavy atom. The standard InChI is InChI=1S/C14H16O2.Na/c1-2-3-4-10-5-6-11-8-13(14(15)16)9-12(11)7-10;/h5-7,9H,2-4,8H2,1H3,(H,15,16);/q;+1/p-1. The molecule has 84 valence electrons. The largest absolute Gasteiger partial charge is 1.00 e. The van der Waals surface area contributed by atoms with Gasteiger partial charge in [0, 0.05) is 0 Å². The van der Waals surface area contributed by atoms with E-state index in [0.717, 1.165) is 17.5 Å². The summed E-state index contributed by atoms with van der Waals surface area (Å²) in [6, 6.07) is 6.23. The second-order valence-electron chi connectivity index (χ2n) is 4.27. The topological polar surface area (TPSA) is 40.1 Å². The fourth-order valence-electron chi connectivity index (χ4n) is 2.05. The smallest absolute Gasteiger partial charge is 0.545 e. The summed E-state index contributed by atoms with van der Waals surface area (Å²) >= 11 is 0. The first-order valence-corrected chi connectivity index (χ1v) is 5.74. The van der Waals surface area contributed by atoms with Crippen LogP contribution in [0.2, 0.25) is 0 Å². The molecule has 0 amide bonds. The van der Waals surface area contributed by atoms with E-state index in [1.54, 1.807) is 6.08 Å². The summed E-state index contributed by atoms with van der Waals surface area (Å²) in [5, 5.41) is 10.7. The summed E-state index contributed by atoms with van der Waals surface area (Å²) < 4.78 is 0. The molecule has 0 saturated carbocycles. The molecule has 0 radical (unpaired) electrons. The average molecular weight is 238 g/mol. The molecule has 0 saturated heterocycles. The molecule has 0 N–H and O–H groups in total. The van der Waals surface area contributed by atoms with Gasteiger partial charge in [-0.05, 0) is 47.6 Å². The van der Waals surface area contributed by atoms with Crippen molar-refractivity contribution >= 4 is 12.0 Å². The van der Waals surface area contributed by atoms with Crippen LogP contribution < -0.4 is 34.7 Å². The molecule has 0 unspecified atom stereocenters. The van der Waals surface area contributed by atoms with Gasteiger partial charge in [-0.2, -0.15) is 0 Å². The monoisotopic (exact) mass is 238 g/mol. The summed E-state index contributed by atoms with van der Waals surface area (Å²) in [6.45, 7) is 2.17. The van der Waals surface area contributed by atoms with Crippen LogP contribution in [0, 0.1) is 0 Å². The van der Waals surface area contributed by atoms with Crippen molar-refractivity contribution in [3.63, 3.8) is 0 Å². The van der Waals surface area contributed by atoms with E-state index in [2.05, 4.69) is 19.1 Å². The van der Waals surface area contributed by atoms with E-state index >= 15 is 0 Å². The number of benzene rings is 1. The van der Waals surface area contributed by atoms with E-state index < -0.39 is 5.97 Å². The number of carboxylic acid groups (broad SMARTS) is 1. The van der Waals surface area contributed by atoms with E-state index in [0.29, 0.717) is 12.0 Å². The van der Waals surface area contributed by atoms with Crippen molar-refractivity contribution in [2.45, 2.75) is 32.6 Å². The van der Waals surface area contributed by atoms with Gasteiger partial charge in [-0.1, -0.05) is 31.5 Å². The summed E-state index contributed by atoms with van der Waals surface area (Å²) in [5.74, 6) is -1.05. The van der Waals surface area contributed by atoms with E-state index in [9.17, 15) is 9.90 Å². The normalized spacial score (nSPS) is 12.6. The first-order valence-electron chi connectivity index (χ1n) is 5.74. The molecule has 2 rings (SSSR count). The molecule has 0 atom stereocenters. The number of aryl methyl sites for hydroxylation is 1. The van der Waals surface area contributed by atoms with Crippen molar-refractivity contribution in [2.75, 3.05) is 0 Å². The molecule has 1 aliphatic rings. The molecule has 0 bridgehead atoms. The maximum atomic E-state index is 10.7. The molecular weight excluding hydrogens is 223 g/mol. The molecule has 17 heavy (non-hydrogen) atoms. The third-order valence-corrected chi connectivity index (χ3v) is 3.00. The third-order valence-electron chi connectivity index (χ3n) is 3.00. The number of unbranched alkanes of at least 4 members (excludes halogenated alkanes) is 1. The van der Waals surface area contributed by atoms with Crippen molar-refractivity contribution < 1.29 is 39.5 Å². The van der Waals surface area contributed by atoms with Gasteiger partial charge in [0.05, 0.1) is 5.97 Å². The molecule has 0 aromatic heterocycles. The van der Waals surface area contributed by atoms with Gasteiger partial charge in [0.1, 0.15) is 0 Å². The SMILES string of the molecule is CCCCc1ccc2c(c1)C=C(C(=O)[O-])C2.[Na+]. The van der Waals surface area contributed by atoms with Gasteiger partial charge in [0.2, 0.25) is 0 Å². The summed E-state index contributed by atoms with van der Waals surface area (Å²) in [7, 11) is 0. The van der Waals surface area contributed by atoms with Gasteiger partial charge >= 0.3 is 29.6 Å². The minimum absolute atomic E-state index is 0. The second kappa shape index (κ2) is 6.39. The van der Waals surface area contributed by atoms with Crippen LogP contribution in [0.15, 0.2) is 23.8 Å². The first-order chi connectivity index (χ1) is 7.70. The molecular formula is C14H15NaO2. The average Bonchev–Trinajstić information content (AvgIpc) is 2.69. The van der Waals surface area contributed by atoms with Gasteiger partial charge < -0.3 is 9.90 Å². The van der Waals surface area contributed by atoms with Gasteiger partial charge in [0.25, 0.3) is 0 Å². The maximum absolute atomic E-state index is 10.7. The van der Waals surface area contributed by atoms with Crippen molar-refractivity contribution in [3.05, 3.63) is 40.5 Å². The Kier molecular flexibility index (Phi) is 5.44. The van der Waals surface area contributed by atoms with Crippen molar-refractivity contribution in [1.29, 1.82) is 0 Å². The van der Waals surface area contributed by atoms with Crippen LogP contribution >= 0.6 is 0 Å². The van der Waals surface area contributed by atoms with Gasteiger partial charge in [-0.25, -0.2) is 0 Å². The predicted molar refractivity (Wildman–Crippen MR) is 61.7 cm³/mol. The molecule has 1 aromatic rings. The van der Waals surface area contributed by atoms with Crippen LogP contribution in [0.3, 0.4) is 0 Å². The molecule has 1 aromatic carbocycles. The van der Waals surface area contributed by atoms with Crippen LogP contribution in [0.25, 0.3) is 6.08 Å². The van der Waals surface area contributed by atoms with E-state index in [1.807, 2.05) is 6.07 Å². The minimum Gasteiger partial charge on any atom is -0.545 e. The summed E-state index contributed by atoms with van der Waals surface area (Å²) in [6.07, 6.45) is 5.66. The van der Waals surface area contributed by atoms with Crippen LogP contribution in [0.4, 0.5) is 0 Å². The zero-order valence-electron chi connectivity index (χ0n) is 10.5. The molecule has 0 fully saturated rings. The van der Waals surface area contributed by atoms with Gasteiger partial charge in [-0.15, -0.1) is 0 Å². The Bertz CT molecular complexity index is 450. The number of carboxylic acids is 1. The number of carbonyl (C=O) groups is 1. The molecule has 1 aliphatic carbocycles. The van der Waals surface area contributed by atoms with E-state index in [4.69, 9.17) is 0 Å². The van der Waals surface area contributed by atoms with Crippen LogP contribution in [-0.4, -0.2) is 5.97 Å². The Morgan fingerprint density at radius 3 is 2.82 bits per heavy atom. The molecule has 0 spiro atoms. The van der Waals surface area contributed by atoms with Crippen LogP contribution in [0.5, 0.6) is 0 Å². The molecule has 0 heterocycles. The zero-order chi connectivity index (χ0) is 11.5. The van der Waals surface area contributed by atoms with Gasteiger partial charge in [0.15, 0.2) is 0 Å². The molecule has 0 aliphatic heterocycles. The number of carbonyl (C=O) groups excluding carboxylic acids is 1. The van der Waals surface area contributed by atoms with Crippen molar-refractivity contribution in [2.24, 2.45) is 0 Å². The third kappa shape index (κ3) is 3.44. The zero-order valence-corrected chi connectivity index (χ0v) is 12.5. The fourth-order valence-corrected chi connectivity index (χ4v) is 2.05. The number of hydrogen-bond donors (Lipinski definition) is 0. The van der Waals surface area contributed by atoms with Crippen molar-refractivity contribution in [1.82, 2.24) is 0 Å². The Labute approximate surface area is 124 Å². The van der Waals surface area contributed by atoms with E-state index in [1.165, 1.54) is 18.4 Å². The molecule has 2 nitrogen and oxygen atoms in total. The fraction of sp³-hybridized carbons (Fsp3) is 0.357. The van der Waals surface area contributed by atoms with E-state index in [-0.39, 0.29) is 29.6 Å². The Morgan fingerprint density at radius 2 is 2.18 bits per heavy atom. The Balaban J connectivity index is 0.00000144. The summed E-state index contributed by atoms with van der Waals surface area (Å²) in [5.41, 5.74) is 3.83. The quantitative estimate of drug-likeness (QED) is 0.613. The summed E-state index contributed by atoms with van der Waals surface area (Å²) in [4.78, 5) is 10.7. The van der Waals surface area contributed by atoms with Crippen LogP contribution in [0.1, 0.15) is 36.5 Å². The number of aliphatic carboxylic acids is 1. The van der Waals surface area contributed by atoms with Gasteiger partial charge in [-0.3, -0.25) is 0 Å². The molecule has 3 heteroatoms. The minimum atomic E-state index is -1.05.